The molecule has 1 aliphatic rings. The van der Waals surface area contributed by atoms with Gasteiger partial charge in [0.1, 0.15) is 0 Å². The van der Waals surface area contributed by atoms with Crippen LogP contribution in [0.5, 0.6) is 0 Å². The second kappa shape index (κ2) is 4.24. The van der Waals surface area contributed by atoms with E-state index in [-0.39, 0.29) is 11.0 Å². The van der Waals surface area contributed by atoms with Crippen molar-refractivity contribution in [1.82, 2.24) is 4.98 Å². The third-order valence-corrected chi connectivity index (χ3v) is 3.39. The van der Waals surface area contributed by atoms with E-state index in [1.54, 1.807) is 0 Å². The van der Waals surface area contributed by atoms with Crippen LogP contribution in [0.4, 0.5) is 5.13 Å². The van der Waals surface area contributed by atoms with Crippen molar-refractivity contribution in [1.29, 1.82) is 0 Å². The van der Waals surface area contributed by atoms with E-state index in [2.05, 4.69) is 22.5 Å². The van der Waals surface area contributed by atoms with E-state index in [9.17, 15) is 4.79 Å². The van der Waals surface area contributed by atoms with Gasteiger partial charge in [0.25, 0.3) is 5.17 Å². The molecule has 2 N–H and O–H groups in total. The van der Waals surface area contributed by atoms with Crippen molar-refractivity contribution in [3.05, 3.63) is 10.6 Å². The van der Waals surface area contributed by atoms with E-state index in [0.717, 1.165) is 25.0 Å². The van der Waals surface area contributed by atoms with Gasteiger partial charge in [0.05, 0.1) is 10.6 Å². The number of aliphatic hydroxyl groups is 1. The van der Waals surface area contributed by atoms with Crippen LogP contribution in [0.3, 0.4) is 0 Å². The zero-order valence-corrected chi connectivity index (χ0v) is 9.58. The molecule has 80 valence electrons. The number of hydrogen-bond acceptors (Lipinski definition) is 4. The summed E-state index contributed by atoms with van der Waals surface area (Å²) in [5.41, 5.74) is 0.834. The minimum absolute atomic E-state index is 0.150. The number of thiocarbonyl (C=S) groups is 1. The predicted octanol–water partition coefficient (Wildman–Crippen LogP) is 2.31. The third kappa shape index (κ3) is 2.32. The number of thiazole rings is 1. The van der Waals surface area contributed by atoms with Gasteiger partial charge in [0, 0.05) is 6.42 Å². The topological polar surface area (TPSA) is 62.2 Å². The van der Waals surface area contributed by atoms with E-state index < -0.39 is 0 Å². The molecule has 2 rings (SSSR count). The fraction of sp³-hybridized carbons (Fsp3) is 0.444. The fourth-order valence-corrected chi connectivity index (χ4v) is 2.72. The Morgan fingerprint density at radius 3 is 2.93 bits per heavy atom. The average molecular weight is 242 g/mol. The number of fused-ring (bicyclic) bond motifs is 1. The lowest BCUT2D eigenvalue weighted by Gasteiger charge is -1.95. The zero-order chi connectivity index (χ0) is 10.8. The summed E-state index contributed by atoms with van der Waals surface area (Å²) in [4.78, 5) is 16.6. The molecule has 0 aromatic carbocycles. The van der Waals surface area contributed by atoms with Crippen LogP contribution in [0.25, 0.3) is 0 Å². The average Bonchev–Trinajstić information content (AvgIpc) is 2.47. The number of nitrogens with one attached hydrogen (secondary N) is 1. The van der Waals surface area contributed by atoms with Gasteiger partial charge in [0.15, 0.2) is 10.9 Å². The SMILES string of the molecule is O=C1CCCCc2nc(NC(O)=S)sc21. The molecule has 4 nitrogen and oxygen atoms in total. The molecule has 0 saturated carbocycles. The predicted molar refractivity (Wildman–Crippen MR) is 62.8 cm³/mol. The minimum Gasteiger partial charge on any atom is -0.486 e. The lowest BCUT2D eigenvalue weighted by atomic mass is 10.2. The first-order chi connectivity index (χ1) is 7.16. The summed E-state index contributed by atoms with van der Waals surface area (Å²) < 4.78 is 0. The molecule has 1 aliphatic carbocycles. The van der Waals surface area contributed by atoms with E-state index in [1.165, 1.54) is 11.3 Å². The Hall–Kier alpha value is -1.01. The molecule has 1 heterocycles. The summed E-state index contributed by atoms with van der Waals surface area (Å²) in [6.07, 6.45) is 3.35. The van der Waals surface area contributed by atoms with Crippen LogP contribution >= 0.6 is 23.6 Å². The number of carbonyl (C=O) groups is 1. The summed E-state index contributed by atoms with van der Waals surface area (Å²) >= 11 is 5.77. The summed E-state index contributed by atoms with van der Waals surface area (Å²) in [6.45, 7) is 0. The third-order valence-electron chi connectivity index (χ3n) is 2.23. The molecule has 15 heavy (non-hydrogen) atoms. The van der Waals surface area contributed by atoms with Crippen molar-refractivity contribution >= 4 is 39.6 Å². The van der Waals surface area contributed by atoms with Crippen LogP contribution in [0.2, 0.25) is 0 Å². The molecule has 0 saturated heterocycles. The van der Waals surface area contributed by atoms with Crippen LogP contribution < -0.4 is 5.32 Å². The van der Waals surface area contributed by atoms with Crippen LogP contribution in [0, 0.1) is 0 Å². The largest absolute Gasteiger partial charge is 0.486 e. The second-order valence-corrected chi connectivity index (χ2v) is 4.74. The molecule has 0 amide bonds. The quantitative estimate of drug-likeness (QED) is 0.584. The number of rotatable bonds is 1. The molecular weight excluding hydrogens is 232 g/mol. The standard InChI is InChI=1S/C9H10N2O2S2/c12-6-4-2-1-3-5-7(6)15-8(10-5)11-9(13)14/h1-4H2,(H2,10,11,13,14). The molecular formula is C9H10N2O2S2. The van der Waals surface area contributed by atoms with Crippen molar-refractivity contribution in [3.63, 3.8) is 0 Å². The van der Waals surface area contributed by atoms with Gasteiger partial charge in [-0.25, -0.2) is 4.98 Å². The van der Waals surface area contributed by atoms with Gasteiger partial charge in [-0.3, -0.25) is 10.1 Å². The summed E-state index contributed by atoms with van der Waals surface area (Å²) in [7, 11) is 0. The van der Waals surface area contributed by atoms with Crippen LogP contribution in [0.1, 0.15) is 34.6 Å². The van der Waals surface area contributed by atoms with Gasteiger partial charge in [-0.05, 0) is 31.5 Å². The summed E-state index contributed by atoms with van der Waals surface area (Å²) in [6, 6.07) is 0. The van der Waals surface area contributed by atoms with E-state index in [1.807, 2.05) is 0 Å². The van der Waals surface area contributed by atoms with Crippen LogP contribution in [-0.2, 0) is 6.42 Å². The highest BCUT2D eigenvalue weighted by Crippen LogP contribution is 2.28. The molecule has 0 aliphatic heterocycles. The molecule has 0 bridgehead atoms. The summed E-state index contributed by atoms with van der Waals surface area (Å²) in [5.74, 6) is 0.150. The Bertz CT molecular complexity index is 414. The first-order valence-electron chi connectivity index (χ1n) is 4.69. The number of hydrogen-bond donors (Lipinski definition) is 2. The first kappa shape index (κ1) is 10.5. The Kier molecular flexibility index (Phi) is 2.97. The van der Waals surface area contributed by atoms with E-state index in [0.29, 0.717) is 16.4 Å². The number of Topliss-reactive ketones (excluding diaryl/α,β-unsaturated/α-hetero) is 1. The van der Waals surface area contributed by atoms with E-state index >= 15 is 0 Å². The van der Waals surface area contributed by atoms with Gasteiger partial charge >= 0.3 is 0 Å². The van der Waals surface area contributed by atoms with Gasteiger partial charge in [-0.15, -0.1) is 0 Å². The molecule has 0 atom stereocenters. The first-order valence-corrected chi connectivity index (χ1v) is 5.92. The number of nitrogens with zero attached hydrogens (tertiary/aromatic N) is 1. The Balaban J connectivity index is 2.29. The van der Waals surface area contributed by atoms with Crippen molar-refractivity contribution in [2.45, 2.75) is 25.7 Å². The second-order valence-electron chi connectivity index (χ2n) is 3.36. The number of aliphatic hydroxyl groups excluding tert-OH is 1. The maximum atomic E-state index is 11.7. The van der Waals surface area contributed by atoms with Gasteiger partial charge in [0.2, 0.25) is 0 Å². The number of anilines is 1. The highest BCUT2D eigenvalue weighted by molar-refractivity contribution is 7.80. The number of ketones is 1. The maximum Gasteiger partial charge on any atom is 0.260 e. The monoisotopic (exact) mass is 242 g/mol. The number of aromatic nitrogens is 1. The number of carbonyl (C=O) groups excluding carboxylic acids is 1. The number of aryl methyl sites for hydroxylation is 1. The van der Waals surface area contributed by atoms with Gasteiger partial charge in [-0.2, -0.15) is 0 Å². The molecule has 0 radical (unpaired) electrons. The Morgan fingerprint density at radius 1 is 1.47 bits per heavy atom. The van der Waals surface area contributed by atoms with Crippen LogP contribution in [-0.4, -0.2) is 21.0 Å². The minimum atomic E-state index is -0.314. The van der Waals surface area contributed by atoms with Gasteiger partial charge in [-0.1, -0.05) is 11.3 Å². The van der Waals surface area contributed by atoms with Crippen molar-refractivity contribution in [2.24, 2.45) is 0 Å². The van der Waals surface area contributed by atoms with Gasteiger partial charge < -0.3 is 5.11 Å². The van der Waals surface area contributed by atoms with E-state index in [4.69, 9.17) is 5.11 Å². The molecule has 0 fully saturated rings. The Morgan fingerprint density at radius 2 is 2.20 bits per heavy atom. The normalized spacial score (nSPS) is 15.6. The van der Waals surface area contributed by atoms with Crippen molar-refractivity contribution in [2.75, 3.05) is 5.32 Å². The molecule has 0 spiro atoms. The zero-order valence-electron chi connectivity index (χ0n) is 7.95. The smallest absolute Gasteiger partial charge is 0.260 e. The Labute approximate surface area is 96.3 Å². The molecule has 6 heteroatoms. The molecule has 1 aromatic rings. The molecule has 0 unspecified atom stereocenters. The van der Waals surface area contributed by atoms with Crippen molar-refractivity contribution in [3.8, 4) is 0 Å². The van der Waals surface area contributed by atoms with Crippen LogP contribution in [0.15, 0.2) is 0 Å². The fourth-order valence-electron chi connectivity index (χ4n) is 1.58. The van der Waals surface area contributed by atoms with Crippen molar-refractivity contribution < 1.29 is 9.90 Å². The summed E-state index contributed by atoms with van der Waals surface area (Å²) in [5, 5.41) is 11.6. The highest BCUT2D eigenvalue weighted by atomic mass is 32.1. The lowest BCUT2D eigenvalue weighted by Crippen LogP contribution is -2.06. The highest BCUT2D eigenvalue weighted by Gasteiger charge is 2.20. The maximum absolute atomic E-state index is 11.7. The molecule has 1 aromatic heterocycles. The lowest BCUT2D eigenvalue weighted by molar-refractivity contribution is 0.0985.